The minimum atomic E-state index is -3.28. The Labute approximate surface area is 125 Å². The summed E-state index contributed by atoms with van der Waals surface area (Å²) in [6, 6.07) is 7.70. The lowest BCUT2D eigenvalue weighted by molar-refractivity contribution is -0.123. The lowest BCUT2D eigenvalue weighted by Gasteiger charge is -2.25. The summed E-state index contributed by atoms with van der Waals surface area (Å²) in [7, 11) is -0.309. The van der Waals surface area contributed by atoms with E-state index in [0.29, 0.717) is 13.0 Å². The van der Waals surface area contributed by atoms with E-state index in [-0.39, 0.29) is 24.2 Å². The fourth-order valence-electron chi connectivity index (χ4n) is 2.25. The van der Waals surface area contributed by atoms with Gasteiger partial charge >= 0.3 is 0 Å². The second kappa shape index (κ2) is 6.55. The Bertz CT molecular complexity index is 614. The van der Waals surface area contributed by atoms with Crippen LogP contribution in [0.25, 0.3) is 0 Å². The minimum Gasteiger partial charge on any atom is -0.354 e. The van der Waals surface area contributed by atoms with Crippen LogP contribution in [0.3, 0.4) is 0 Å². The Morgan fingerprint density at radius 3 is 2.67 bits per heavy atom. The first kappa shape index (κ1) is 15.9. The number of benzene rings is 1. The van der Waals surface area contributed by atoms with Gasteiger partial charge in [0.05, 0.1) is 11.8 Å². The quantitative estimate of drug-likeness (QED) is 0.783. The van der Waals surface area contributed by atoms with Gasteiger partial charge in [-0.05, 0) is 17.5 Å². The van der Waals surface area contributed by atoms with Crippen LogP contribution in [-0.4, -0.2) is 51.1 Å². The number of hydrogen-bond acceptors (Lipinski definition) is 4. The molecule has 1 aliphatic heterocycles. The maximum absolute atomic E-state index is 12.1. The molecule has 6 nitrogen and oxygen atoms in total. The van der Waals surface area contributed by atoms with Crippen LogP contribution in [0.5, 0.6) is 0 Å². The van der Waals surface area contributed by atoms with Crippen molar-refractivity contribution in [3.05, 3.63) is 35.4 Å². The number of nitrogens with zero attached hydrogens (tertiary/aromatic N) is 1. The van der Waals surface area contributed by atoms with Crippen molar-refractivity contribution in [1.82, 2.24) is 14.9 Å². The summed E-state index contributed by atoms with van der Waals surface area (Å²) in [5, 5.41) is 5.86. The highest BCUT2D eigenvalue weighted by molar-refractivity contribution is 7.89. The lowest BCUT2D eigenvalue weighted by atomic mass is 9.95. The van der Waals surface area contributed by atoms with Gasteiger partial charge in [0, 0.05) is 27.2 Å². The maximum Gasteiger partial charge on any atom is 0.237 e. The highest BCUT2D eigenvalue weighted by Crippen LogP contribution is 2.16. The molecule has 1 aromatic rings. The summed E-state index contributed by atoms with van der Waals surface area (Å²) in [6.45, 7) is 0.781. The Balaban J connectivity index is 1.86. The van der Waals surface area contributed by atoms with Crippen molar-refractivity contribution in [1.29, 1.82) is 0 Å². The molecule has 116 valence electrons. The van der Waals surface area contributed by atoms with Crippen molar-refractivity contribution < 1.29 is 13.2 Å². The van der Waals surface area contributed by atoms with Crippen LogP contribution in [0.2, 0.25) is 0 Å². The number of fused-ring (bicyclic) bond motifs is 1. The smallest absolute Gasteiger partial charge is 0.237 e. The van der Waals surface area contributed by atoms with Gasteiger partial charge in [-0.3, -0.25) is 4.79 Å². The Morgan fingerprint density at radius 1 is 1.33 bits per heavy atom. The predicted molar refractivity (Wildman–Crippen MR) is 81.3 cm³/mol. The summed E-state index contributed by atoms with van der Waals surface area (Å²) in [5.74, 6) is -0.242. The summed E-state index contributed by atoms with van der Waals surface area (Å²) in [4.78, 5) is 12.1. The zero-order valence-corrected chi connectivity index (χ0v) is 13.1. The second-order valence-corrected chi connectivity index (χ2v) is 7.60. The summed E-state index contributed by atoms with van der Waals surface area (Å²) >= 11 is 0. The van der Waals surface area contributed by atoms with Gasteiger partial charge in [0.25, 0.3) is 0 Å². The molecule has 1 atom stereocenters. The molecule has 1 aromatic carbocycles. The standard InChI is InChI=1S/C14H21N3O3S/c1-17(2)21(19,20)8-7-15-14(18)13-9-11-5-3-4-6-12(11)10-16-13/h3-6,13,16H,7-10H2,1-2H3,(H,15,18)/t13-/m1/s1. The monoisotopic (exact) mass is 311 g/mol. The highest BCUT2D eigenvalue weighted by atomic mass is 32.2. The average Bonchev–Trinajstić information content (AvgIpc) is 2.46. The van der Waals surface area contributed by atoms with Gasteiger partial charge in [-0.15, -0.1) is 0 Å². The number of rotatable bonds is 5. The van der Waals surface area contributed by atoms with Crippen molar-refractivity contribution in [2.24, 2.45) is 0 Å². The van der Waals surface area contributed by atoms with Gasteiger partial charge < -0.3 is 10.6 Å². The molecule has 1 amide bonds. The van der Waals surface area contributed by atoms with Gasteiger partial charge in [0.2, 0.25) is 15.9 Å². The minimum absolute atomic E-state index is 0.0882. The van der Waals surface area contributed by atoms with Gasteiger partial charge in [-0.2, -0.15) is 0 Å². The first-order valence-electron chi connectivity index (χ1n) is 6.88. The molecule has 0 spiro atoms. The molecule has 0 fully saturated rings. The van der Waals surface area contributed by atoms with E-state index in [1.807, 2.05) is 24.3 Å². The van der Waals surface area contributed by atoms with Crippen LogP contribution in [0.1, 0.15) is 11.1 Å². The first-order valence-corrected chi connectivity index (χ1v) is 8.49. The number of nitrogens with one attached hydrogen (secondary N) is 2. The molecule has 0 bridgehead atoms. The van der Waals surface area contributed by atoms with Gasteiger partial charge in [0.15, 0.2) is 0 Å². The largest absolute Gasteiger partial charge is 0.354 e. The normalized spacial score (nSPS) is 18.3. The molecule has 0 unspecified atom stereocenters. The fraction of sp³-hybridized carbons (Fsp3) is 0.500. The number of carbonyl (C=O) groups is 1. The molecule has 0 aromatic heterocycles. The van der Waals surface area contributed by atoms with E-state index < -0.39 is 10.0 Å². The molecule has 0 radical (unpaired) electrons. The molecule has 7 heteroatoms. The number of sulfonamides is 1. The van der Waals surface area contributed by atoms with Crippen LogP contribution >= 0.6 is 0 Å². The fourth-order valence-corrected chi connectivity index (χ4v) is 2.97. The summed E-state index contributed by atoms with van der Waals surface area (Å²) in [5.41, 5.74) is 2.37. The van der Waals surface area contributed by atoms with E-state index in [9.17, 15) is 13.2 Å². The van der Waals surface area contributed by atoms with Crippen molar-refractivity contribution in [2.45, 2.75) is 19.0 Å². The third-order valence-electron chi connectivity index (χ3n) is 3.61. The number of hydrogen-bond donors (Lipinski definition) is 2. The van der Waals surface area contributed by atoms with Crippen molar-refractivity contribution in [3.8, 4) is 0 Å². The third-order valence-corrected chi connectivity index (χ3v) is 5.45. The van der Waals surface area contributed by atoms with Crippen molar-refractivity contribution in [3.63, 3.8) is 0 Å². The maximum atomic E-state index is 12.1. The van der Waals surface area contributed by atoms with Crippen LogP contribution < -0.4 is 10.6 Å². The van der Waals surface area contributed by atoms with Crippen molar-refractivity contribution >= 4 is 15.9 Å². The Kier molecular flexibility index (Phi) is 4.97. The molecule has 21 heavy (non-hydrogen) atoms. The van der Waals surface area contributed by atoms with E-state index in [4.69, 9.17) is 0 Å². The number of carbonyl (C=O) groups excluding carboxylic acids is 1. The Morgan fingerprint density at radius 2 is 2.00 bits per heavy atom. The molecular formula is C14H21N3O3S. The van der Waals surface area contributed by atoms with Gasteiger partial charge in [0.1, 0.15) is 0 Å². The van der Waals surface area contributed by atoms with E-state index >= 15 is 0 Å². The highest BCUT2D eigenvalue weighted by Gasteiger charge is 2.24. The molecule has 0 saturated carbocycles. The zero-order chi connectivity index (χ0) is 15.5. The molecule has 0 aliphatic carbocycles. The molecule has 1 heterocycles. The molecule has 0 saturated heterocycles. The van der Waals surface area contributed by atoms with E-state index in [2.05, 4.69) is 10.6 Å². The van der Waals surface area contributed by atoms with Crippen LogP contribution in [-0.2, 0) is 27.8 Å². The second-order valence-electron chi connectivity index (χ2n) is 5.30. The first-order chi connectivity index (χ1) is 9.90. The van der Waals surface area contributed by atoms with Crippen LogP contribution in [0.4, 0.5) is 0 Å². The van der Waals surface area contributed by atoms with Crippen LogP contribution in [0, 0.1) is 0 Å². The SMILES string of the molecule is CN(C)S(=O)(=O)CCNC(=O)[C@H]1Cc2ccccc2CN1. The van der Waals surface area contributed by atoms with E-state index in [1.165, 1.54) is 19.7 Å². The average molecular weight is 311 g/mol. The molecule has 2 N–H and O–H groups in total. The molecule has 2 rings (SSSR count). The summed E-state index contributed by atoms with van der Waals surface area (Å²) < 4.78 is 24.4. The van der Waals surface area contributed by atoms with E-state index in [1.54, 1.807) is 0 Å². The lowest BCUT2D eigenvalue weighted by Crippen LogP contribution is -2.48. The Hall–Kier alpha value is -1.44. The number of amides is 1. The van der Waals surface area contributed by atoms with Crippen LogP contribution in [0.15, 0.2) is 24.3 Å². The van der Waals surface area contributed by atoms with Crippen molar-refractivity contribution in [2.75, 3.05) is 26.4 Å². The molecular weight excluding hydrogens is 290 g/mol. The van der Waals surface area contributed by atoms with Gasteiger partial charge in [-0.25, -0.2) is 12.7 Å². The zero-order valence-electron chi connectivity index (χ0n) is 12.3. The predicted octanol–water partition coefficient (Wildman–Crippen LogP) is -0.291. The topological polar surface area (TPSA) is 78.5 Å². The summed E-state index contributed by atoms with van der Waals surface area (Å²) in [6.07, 6.45) is 0.627. The van der Waals surface area contributed by atoms with Gasteiger partial charge in [-0.1, -0.05) is 24.3 Å². The third kappa shape index (κ3) is 4.03. The molecule has 1 aliphatic rings. The van der Waals surface area contributed by atoms with E-state index in [0.717, 1.165) is 9.87 Å².